The summed E-state index contributed by atoms with van der Waals surface area (Å²) in [5.41, 5.74) is 2.57. The van der Waals surface area contributed by atoms with E-state index in [0.29, 0.717) is 6.42 Å². The van der Waals surface area contributed by atoms with Crippen LogP contribution in [0, 0.1) is 13.8 Å². The monoisotopic (exact) mass is 292 g/mol. The molecule has 3 amide bonds. The average molecular weight is 292 g/mol. The standard InChI is InChI=1S/C14H20N4O3/c1-5-11-14(21)15-12(19)7-18(11)13(20)6-10-8(2)16-17(4)9(10)3/h11H,5-7H2,1-4H3,(H,15,19,21). The third kappa shape index (κ3) is 2.81. The second-order valence-corrected chi connectivity index (χ2v) is 5.31. The number of rotatable bonds is 3. The van der Waals surface area contributed by atoms with E-state index < -0.39 is 17.9 Å². The van der Waals surface area contributed by atoms with Crippen LogP contribution in [-0.4, -0.2) is 45.0 Å². The molecule has 1 aromatic heterocycles. The van der Waals surface area contributed by atoms with Gasteiger partial charge in [0.1, 0.15) is 12.6 Å². The second kappa shape index (κ2) is 5.67. The molecule has 1 fully saturated rings. The summed E-state index contributed by atoms with van der Waals surface area (Å²) < 4.78 is 1.73. The first-order valence-electron chi connectivity index (χ1n) is 6.97. The zero-order valence-electron chi connectivity index (χ0n) is 12.8. The van der Waals surface area contributed by atoms with Crippen LogP contribution >= 0.6 is 0 Å². The number of aromatic nitrogens is 2. The van der Waals surface area contributed by atoms with Crippen molar-refractivity contribution in [3.8, 4) is 0 Å². The Hall–Kier alpha value is -2.18. The highest BCUT2D eigenvalue weighted by molar-refractivity contribution is 6.04. The number of aryl methyl sites for hydroxylation is 2. The second-order valence-electron chi connectivity index (χ2n) is 5.31. The number of nitrogens with zero attached hydrogens (tertiary/aromatic N) is 3. The minimum absolute atomic E-state index is 0.0680. The van der Waals surface area contributed by atoms with Crippen LogP contribution in [0.2, 0.25) is 0 Å². The van der Waals surface area contributed by atoms with Gasteiger partial charge in [-0.3, -0.25) is 24.4 Å². The summed E-state index contributed by atoms with van der Waals surface area (Å²) >= 11 is 0. The van der Waals surface area contributed by atoms with Crippen molar-refractivity contribution in [2.24, 2.45) is 7.05 Å². The predicted octanol–water partition coefficient (Wildman–Crippen LogP) is -0.157. The summed E-state index contributed by atoms with van der Waals surface area (Å²) in [7, 11) is 1.82. The molecule has 1 N–H and O–H groups in total. The van der Waals surface area contributed by atoms with Crippen molar-refractivity contribution >= 4 is 17.7 Å². The first kappa shape index (κ1) is 15.2. The fourth-order valence-corrected chi connectivity index (χ4v) is 2.66. The van der Waals surface area contributed by atoms with E-state index in [1.807, 2.05) is 27.8 Å². The van der Waals surface area contributed by atoms with Crippen LogP contribution in [0.15, 0.2) is 0 Å². The summed E-state index contributed by atoms with van der Waals surface area (Å²) in [5.74, 6) is -1.05. The maximum Gasteiger partial charge on any atom is 0.249 e. The van der Waals surface area contributed by atoms with Crippen LogP contribution < -0.4 is 5.32 Å². The molecule has 1 atom stereocenters. The summed E-state index contributed by atoms with van der Waals surface area (Å²) in [6, 6.07) is -0.576. The lowest BCUT2D eigenvalue weighted by molar-refractivity contribution is -0.149. The van der Waals surface area contributed by atoms with Gasteiger partial charge in [-0.1, -0.05) is 6.92 Å². The van der Waals surface area contributed by atoms with Crippen LogP contribution in [-0.2, 0) is 27.9 Å². The number of carbonyl (C=O) groups is 3. The highest BCUT2D eigenvalue weighted by Gasteiger charge is 2.35. The van der Waals surface area contributed by atoms with Crippen LogP contribution in [0.3, 0.4) is 0 Å². The zero-order chi connectivity index (χ0) is 15.7. The first-order valence-corrected chi connectivity index (χ1v) is 6.97. The molecular formula is C14H20N4O3. The predicted molar refractivity (Wildman–Crippen MR) is 75.3 cm³/mol. The van der Waals surface area contributed by atoms with Crippen molar-refractivity contribution < 1.29 is 14.4 Å². The van der Waals surface area contributed by atoms with Crippen LogP contribution in [0.4, 0.5) is 0 Å². The Morgan fingerprint density at radius 1 is 1.38 bits per heavy atom. The number of piperazine rings is 1. The maximum atomic E-state index is 12.5. The number of hydrogen-bond acceptors (Lipinski definition) is 4. The summed E-state index contributed by atoms with van der Waals surface area (Å²) in [6.07, 6.45) is 0.637. The van der Waals surface area contributed by atoms with Crippen molar-refractivity contribution in [2.75, 3.05) is 6.54 Å². The van der Waals surface area contributed by atoms with Gasteiger partial charge in [0.15, 0.2) is 0 Å². The first-order chi connectivity index (χ1) is 9.85. The van der Waals surface area contributed by atoms with Crippen LogP contribution in [0.1, 0.15) is 30.3 Å². The Labute approximate surface area is 123 Å². The Bertz CT molecular complexity index is 606. The third-order valence-corrected chi connectivity index (χ3v) is 3.95. The fourth-order valence-electron chi connectivity index (χ4n) is 2.66. The third-order valence-electron chi connectivity index (χ3n) is 3.95. The molecule has 21 heavy (non-hydrogen) atoms. The normalized spacial score (nSPS) is 18.9. The quantitative estimate of drug-likeness (QED) is 0.785. The fraction of sp³-hybridized carbons (Fsp3) is 0.571. The molecule has 114 valence electrons. The van der Waals surface area contributed by atoms with E-state index in [0.717, 1.165) is 17.0 Å². The van der Waals surface area contributed by atoms with Crippen LogP contribution in [0.25, 0.3) is 0 Å². The molecule has 0 saturated carbocycles. The Morgan fingerprint density at radius 3 is 2.57 bits per heavy atom. The van der Waals surface area contributed by atoms with Crippen molar-refractivity contribution in [2.45, 2.75) is 39.7 Å². The van der Waals surface area contributed by atoms with Crippen LogP contribution in [0.5, 0.6) is 0 Å². The van der Waals surface area contributed by atoms with Gasteiger partial charge >= 0.3 is 0 Å². The van der Waals surface area contributed by atoms with Crippen molar-refractivity contribution in [1.29, 1.82) is 0 Å². The van der Waals surface area contributed by atoms with Gasteiger partial charge in [0, 0.05) is 18.3 Å². The largest absolute Gasteiger partial charge is 0.321 e. The molecule has 2 rings (SSSR count). The number of carbonyl (C=O) groups excluding carboxylic acids is 3. The van der Waals surface area contributed by atoms with Gasteiger partial charge in [0.2, 0.25) is 17.7 Å². The van der Waals surface area contributed by atoms with E-state index in [4.69, 9.17) is 0 Å². The van der Waals surface area contributed by atoms with Gasteiger partial charge in [-0.15, -0.1) is 0 Å². The van der Waals surface area contributed by atoms with Gasteiger partial charge in [0.25, 0.3) is 0 Å². The van der Waals surface area contributed by atoms with Gasteiger partial charge in [-0.2, -0.15) is 5.10 Å². The number of amides is 3. The minimum atomic E-state index is -0.576. The molecule has 1 aliphatic rings. The maximum absolute atomic E-state index is 12.5. The van der Waals surface area contributed by atoms with E-state index in [1.54, 1.807) is 4.68 Å². The van der Waals surface area contributed by atoms with E-state index in [1.165, 1.54) is 4.90 Å². The Kier molecular flexibility index (Phi) is 4.11. The minimum Gasteiger partial charge on any atom is -0.321 e. The summed E-state index contributed by atoms with van der Waals surface area (Å²) in [4.78, 5) is 37.2. The van der Waals surface area contributed by atoms with E-state index in [9.17, 15) is 14.4 Å². The topological polar surface area (TPSA) is 84.3 Å². The Morgan fingerprint density at radius 2 is 2.05 bits per heavy atom. The zero-order valence-corrected chi connectivity index (χ0v) is 12.8. The molecule has 1 aromatic rings. The van der Waals surface area contributed by atoms with Gasteiger partial charge in [-0.05, 0) is 20.3 Å². The molecule has 1 saturated heterocycles. The molecule has 0 aliphatic carbocycles. The molecule has 1 aliphatic heterocycles. The number of hydrogen-bond donors (Lipinski definition) is 1. The van der Waals surface area contributed by atoms with E-state index in [-0.39, 0.29) is 18.9 Å². The molecule has 1 unspecified atom stereocenters. The lowest BCUT2D eigenvalue weighted by Crippen LogP contribution is -2.59. The van der Waals surface area contributed by atoms with E-state index >= 15 is 0 Å². The molecule has 0 aromatic carbocycles. The van der Waals surface area contributed by atoms with E-state index in [2.05, 4.69) is 10.4 Å². The average Bonchev–Trinajstić information content (AvgIpc) is 2.64. The smallest absolute Gasteiger partial charge is 0.249 e. The highest BCUT2D eigenvalue weighted by Crippen LogP contribution is 2.16. The molecule has 0 bridgehead atoms. The summed E-state index contributed by atoms with van der Waals surface area (Å²) in [6.45, 7) is 5.50. The van der Waals surface area contributed by atoms with Gasteiger partial charge in [0.05, 0.1) is 12.1 Å². The number of imide groups is 1. The Balaban J connectivity index is 2.22. The lowest BCUT2D eigenvalue weighted by atomic mass is 10.1. The van der Waals surface area contributed by atoms with Gasteiger partial charge in [-0.25, -0.2) is 0 Å². The van der Waals surface area contributed by atoms with Crippen molar-refractivity contribution in [3.63, 3.8) is 0 Å². The molecule has 7 nitrogen and oxygen atoms in total. The SMILES string of the molecule is CCC1C(=O)NC(=O)CN1C(=O)Cc1c(C)nn(C)c1C. The molecule has 2 heterocycles. The molecule has 7 heteroatoms. The van der Waals surface area contributed by atoms with Gasteiger partial charge < -0.3 is 4.90 Å². The molecule has 0 radical (unpaired) electrons. The van der Waals surface area contributed by atoms with Crippen molar-refractivity contribution in [3.05, 3.63) is 17.0 Å². The molecule has 0 spiro atoms. The lowest BCUT2D eigenvalue weighted by Gasteiger charge is -2.33. The summed E-state index contributed by atoms with van der Waals surface area (Å²) in [5, 5.41) is 6.55. The van der Waals surface area contributed by atoms with Crippen molar-refractivity contribution in [1.82, 2.24) is 20.0 Å². The highest BCUT2D eigenvalue weighted by atomic mass is 16.2. The number of nitrogens with one attached hydrogen (secondary N) is 1. The molecular weight excluding hydrogens is 272 g/mol.